The van der Waals surface area contributed by atoms with Crippen LogP contribution >= 0.6 is 0 Å². The Morgan fingerprint density at radius 2 is 1.94 bits per heavy atom. The molecule has 0 radical (unpaired) electrons. The van der Waals surface area contributed by atoms with Crippen LogP contribution < -0.4 is 15.2 Å². The number of nitrogens with two attached hydrogens (primary N) is 1. The monoisotopic (exact) mass is 505 g/mol. The van der Waals surface area contributed by atoms with Crippen molar-refractivity contribution in [2.45, 2.75) is 31.3 Å². The number of likely N-dealkylation sites (tertiary alicyclic amines) is 1. The summed E-state index contributed by atoms with van der Waals surface area (Å²) in [6, 6.07) is 3.31. The van der Waals surface area contributed by atoms with E-state index in [1.54, 1.807) is 4.40 Å². The number of carbonyl (C=O) groups excluding carboxylic acids is 1. The number of alkyl halides is 3. The lowest BCUT2D eigenvalue weighted by Crippen LogP contribution is -2.44. The van der Waals surface area contributed by atoms with Crippen LogP contribution in [-0.2, 0) is 0 Å². The molecule has 2 unspecified atom stereocenters. The van der Waals surface area contributed by atoms with E-state index in [2.05, 4.69) is 14.7 Å². The maximum absolute atomic E-state index is 15.1. The Kier molecular flexibility index (Phi) is 4.75. The van der Waals surface area contributed by atoms with Gasteiger partial charge < -0.3 is 20.1 Å². The predicted octanol–water partition coefficient (Wildman–Crippen LogP) is 4.38. The molecule has 1 fully saturated rings. The van der Waals surface area contributed by atoms with Crippen molar-refractivity contribution < 1.29 is 36.2 Å². The zero-order chi connectivity index (χ0) is 25.4. The molecule has 0 aliphatic carbocycles. The summed E-state index contributed by atoms with van der Waals surface area (Å²) in [4.78, 5) is 23.1. The highest BCUT2D eigenvalue weighted by Crippen LogP contribution is 2.47. The van der Waals surface area contributed by atoms with Crippen LogP contribution in [0.25, 0.3) is 16.6 Å². The van der Waals surface area contributed by atoms with E-state index < -0.39 is 41.8 Å². The number of nitrogen functional groups attached to an aromatic ring is 1. The van der Waals surface area contributed by atoms with Gasteiger partial charge in [-0.05, 0) is 25.0 Å². The number of aromatic nitrogens is 3. The number of halogens is 5. The maximum atomic E-state index is 15.1. The van der Waals surface area contributed by atoms with Crippen molar-refractivity contribution in [3.8, 4) is 11.5 Å². The predicted molar refractivity (Wildman–Crippen MR) is 115 cm³/mol. The van der Waals surface area contributed by atoms with E-state index in [9.17, 15) is 22.4 Å². The second-order valence-electron chi connectivity index (χ2n) is 8.58. The van der Waals surface area contributed by atoms with E-state index in [0.717, 1.165) is 18.2 Å². The van der Waals surface area contributed by atoms with Crippen molar-refractivity contribution in [2.75, 3.05) is 12.3 Å². The van der Waals surface area contributed by atoms with Gasteiger partial charge in [-0.1, -0.05) is 0 Å². The molecule has 0 bridgehead atoms. The van der Waals surface area contributed by atoms with Gasteiger partial charge in [0.05, 0.1) is 35.2 Å². The molecule has 1 amide bonds. The summed E-state index contributed by atoms with van der Waals surface area (Å²) in [5.74, 6) is -3.68. The van der Waals surface area contributed by atoms with Crippen molar-refractivity contribution in [3.63, 3.8) is 0 Å². The minimum absolute atomic E-state index is 0.0240. The average molecular weight is 505 g/mol. The number of hydrogen-bond acceptors (Lipinski definition) is 6. The molecular formula is C23H16F5N5O3. The highest BCUT2D eigenvalue weighted by Gasteiger charge is 2.45. The number of rotatable bonds is 2. The number of piperidine rings is 1. The summed E-state index contributed by atoms with van der Waals surface area (Å²) >= 11 is 0. The Morgan fingerprint density at radius 1 is 1.14 bits per heavy atom. The van der Waals surface area contributed by atoms with Crippen LogP contribution in [0.4, 0.5) is 27.8 Å². The van der Waals surface area contributed by atoms with E-state index in [-0.39, 0.29) is 34.8 Å². The molecule has 2 aliphatic rings. The summed E-state index contributed by atoms with van der Waals surface area (Å²) in [6.45, 7) is 0.211. The third kappa shape index (κ3) is 3.45. The van der Waals surface area contributed by atoms with Gasteiger partial charge in [-0.2, -0.15) is 0 Å². The lowest BCUT2D eigenvalue weighted by Gasteiger charge is -2.36. The van der Waals surface area contributed by atoms with Crippen LogP contribution in [-0.4, -0.2) is 44.2 Å². The molecule has 1 saturated heterocycles. The molecule has 8 nitrogen and oxygen atoms in total. The highest BCUT2D eigenvalue weighted by molar-refractivity contribution is 5.99. The molecule has 0 saturated carbocycles. The minimum Gasteiger partial charge on any atom is -0.487 e. The van der Waals surface area contributed by atoms with Gasteiger partial charge in [-0.3, -0.25) is 9.20 Å². The van der Waals surface area contributed by atoms with Crippen molar-refractivity contribution in [1.82, 2.24) is 19.3 Å². The van der Waals surface area contributed by atoms with Gasteiger partial charge in [0, 0.05) is 24.2 Å². The largest absolute Gasteiger partial charge is 0.573 e. The number of carbonyl (C=O) groups is 1. The Labute approximate surface area is 199 Å². The Hall–Kier alpha value is -4.16. The first-order chi connectivity index (χ1) is 17.1. The van der Waals surface area contributed by atoms with Crippen molar-refractivity contribution >= 4 is 28.3 Å². The Balaban J connectivity index is 1.41. The van der Waals surface area contributed by atoms with E-state index in [0.29, 0.717) is 23.9 Å². The lowest BCUT2D eigenvalue weighted by molar-refractivity contribution is -0.275. The fraction of sp³-hybridized carbons (Fsp3) is 0.261. The van der Waals surface area contributed by atoms with Gasteiger partial charge in [0.25, 0.3) is 5.91 Å². The molecule has 2 aromatic carbocycles. The summed E-state index contributed by atoms with van der Waals surface area (Å²) in [7, 11) is 0. The van der Waals surface area contributed by atoms with Crippen LogP contribution in [0.1, 0.15) is 34.8 Å². The molecule has 6 rings (SSSR count). The maximum Gasteiger partial charge on any atom is 0.573 e. The number of amides is 1. The number of benzene rings is 2. The zero-order valence-electron chi connectivity index (χ0n) is 18.2. The van der Waals surface area contributed by atoms with E-state index >= 15 is 4.39 Å². The molecule has 13 heteroatoms. The van der Waals surface area contributed by atoms with Gasteiger partial charge >= 0.3 is 6.36 Å². The number of hydrogen-bond donors (Lipinski definition) is 1. The molecule has 0 spiro atoms. The first-order valence-corrected chi connectivity index (χ1v) is 10.9. The second kappa shape index (κ2) is 7.67. The molecular weight excluding hydrogens is 489 g/mol. The van der Waals surface area contributed by atoms with Crippen LogP contribution in [0.3, 0.4) is 0 Å². The first kappa shape index (κ1) is 22.3. The minimum atomic E-state index is -5.09. The molecule has 4 heterocycles. The molecule has 2 N–H and O–H groups in total. The van der Waals surface area contributed by atoms with Crippen LogP contribution in [0.5, 0.6) is 11.5 Å². The van der Waals surface area contributed by atoms with E-state index in [1.165, 1.54) is 23.5 Å². The van der Waals surface area contributed by atoms with Crippen molar-refractivity contribution in [1.29, 1.82) is 0 Å². The van der Waals surface area contributed by atoms with Gasteiger partial charge in [0.2, 0.25) is 0 Å². The van der Waals surface area contributed by atoms with Crippen LogP contribution in [0, 0.1) is 11.6 Å². The Bertz CT molecular complexity index is 1550. The SMILES string of the molecule is Nc1nc2cc(F)c(C(=O)N3CCCC4Oc5cc(OC(F)(F)F)c(F)cc5C43)cc2n2cncc12. The third-order valence-electron chi connectivity index (χ3n) is 6.42. The Morgan fingerprint density at radius 3 is 2.72 bits per heavy atom. The molecule has 2 atom stereocenters. The smallest absolute Gasteiger partial charge is 0.487 e. The summed E-state index contributed by atoms with van der Waals surface area (Å²) < 4.78 is 78.6. The zero-order valence-corrected chi connectivity index (χ0v) is 18.2. The molecule has 4 aromatic rings. The fourth-order valence-electron chi connectivity index (χ4n) is 4.95. The molecule has 2 aromatic heterocycles. The highest BCUT2D eigenvalue weighted by atomic mass is 19.4. The first-order valence-electron chi connectivity index (χ1n) is 10.9. The van der Waals surface area contributed by atoms with Gasteiger partial charge in [0.15, 0.2) is 11.6 Å². The molecule has 186 valence electrons. The number of nitrogens with zero attached hydrogens (tertiary/aromatic N) is 4. The number of fused-ring (bicyclic) bond motifs is 6. The van der Waals surface area contributed by atoms with E-state index in [1.807, 2.05) is 0 Å². The number of imidazole rings is 1. The fourth-order valence-corrected chi connectivity index (χ4v) is 4.95. The molecule has 2 aliphatic heterocycles. The number of anilines is 1. The third-order valence-corrected chi connectivity index (χ3v) is 6.42. The number of ether oxygens (including phenoxy) is 2. The quantitative estimate of drug-likeness (QED) is 0.407. The summed E-state index contributed by atoms with van der Waals surface area (Å²) in [5, 5.41) is 0. The van der Waals surface area contributed by atoms with Crippen LogP contribution in [0.15, 0.2) is 36.8 Å². The standard InChI is InChI=1S/C23H16F5N5O3/c24-12-6-14-15(33-9-30-8-16(33)21(29)31-14)5-10(12)22(34)32-3-1-2-17-20(32)11-4-13(25)19(7-18(11)35-17)36-23(26,27)28/h4-9,17,20H,1-3H2,(H2,29,31). The summed E-state index contributed by atoms with van der Waals surface area (Å²) in [6.07, 6.45) is -1.81. The van der Waals surface area contributed by atoms with Crippen molar-refractivity contribution in [2.24, 2.45) is 0 Å². The van der Waals surface area contributed by atoms with Gasteiger partial charge in [-0.15, -0.1) is 13.2 Å². The average Bonchev–Trinajstić information content (AvgIpc) is 3.43. The lowest BCUT2D eigenvalue weighted by atomic mass is 9.93. The second-order valence-corrected chi connectivity index (χ2v) is 8.58. The topological polar surface area (TPSA) is 95.0 Å². The van der Waals surface area contributed by atoms with Gasteiger partial charge in [0.1, 0.15) is 29.0 Å². The molecule has 36 heavy (non-hydrogen) atoms. The summed E-state index contributed by atoms with van der Waals surface area (Å²) in [5.41, 5.74) is 6.94. The van der Waals surface area contributed by atoms with Crippen LogP contribution in [0.2, 0.25) is 0 Å². The van der Waals surface area contributed by atoms with E-state index in [4.69, 9.17) is 10.5 Å². The van der Waals surface area contributed by atoms with Gasteiger partial charge in [-0.25, -0.2) is 18.7 Å². The van der Waals surface area contributed by atoms with Crippen molar-refractivity contribution in [3.05, 3.63) is 59.6 Å². The normalized spacial score (nSPS) is 19.3.